The van der Waals surface area contributed by atoms with Gasteiger partial charge >= 0.3 is 0 Å². The molecule has 1 saturated carbocycles. The van der Waals surface area contributed by atoms with Gasteiger partial charge in [0, 0.05) is 37.9 Å². The molecule has 3 aliphatic rings. The maximum Gasteiger partial charge on any atom is 0.281 e. The molecule has 3 atom stereocenters. The van der Waals surface area contributed by atoms with Gasteiger partial charge < -0.3 is 10.2 Å². The predicted octanol–water partition coefficient (Wildman–Crippen LogP) is 4.57. The Labute approximate surface area is 245 Å². The van der Waals surface area contributed by atoms with E-state index < -0.39 is 0 Å². The number of pyridine rings is 1. The van der Waals surface area contributed by atoms with E-state index in [1.807, 2.05) is 26.0 Å². The van der Waals surface area contributed by atoms with Gasteiger partial charge in [0.2, 0.25) is 5.95 Å². The lowest BCUT2D eigenvalue weighted by atomic mass is 9.60. The number of anilines is 2. The molecule has 1 aliphatic carbocycles. The van der Waals surface area contributed by atoms with Gasteiger partial charge in [0.25, 0.3) is 11.5 Å². The predicted molar refractivity (Wildman–Crippen MR) is 159 cm³/mol. The number of amides is 1. The van der Waals surface area contributed by atoms with E-state index in [-0.39, 0.29) is 51.9 Å². The molecule has 0 spiro atoms. The molecule has 41 heavy (non-hydrogen) atoms. The molecule has 0 radical (unpaired) electrons. The lowest BCUT2D eigenvalue weighted by Crippen LogP contribution is -2.55. The molecule has 2 bridgehead atoms. The zero-order chi connectivity index (χ0) is 29.0. The number of nitrogens with zero attached hydrogens (tertiary/aromatic N) is 5. The number of rotatable bonds is 7. The zero-order valence-corrected chi connectivity index (χ0v) is 24.6. The van der Waals surface area contributed by atoms with Gasteiger partial charge in [0.05, 0.1) is 34.5 Å². The highest BCUT2D eigenvalue weighted by molar-refractivity contribution is 7.97. The fraction of sp³-hybridized carbons (Fsp3) is 0.393. The van der Waals surface area contributed by atoms with Crippen LogP contribution in [0.5, 0.6) is 0 Å². The van der Waals surface area contributed by atoms with Gasteiger partial charge in [-0.2, -0.15) is 5.10 Å². The second kappa shape index (κ2) is 10.6. The normalized spacial score (nSPS) is 20.5. The van der Waals surface area contributed by atoms with E-state index in [0.29, 0.717) is 41.3 Å². The molecule has 13 heteroatoms. The van der Waals surface area contributed by atoms with Crippen LogP contribution in [0.3, 0.4) is 0 Å². The molecule has 3 aromatic heterocycles. The Morgan fingerprint density at radius 2 is 2.00 bits per heavy atom. The van der Waals surface area contributed by atoms with Crippen LogP contribution in [-0.2, 0) is 7.05 Å². The highest BCUT2D eigenvalue weighted by Gasteiger charge is 2.49. The SMILES string of the molecule is CSNC(=O)c1nc(Cl)ccc1NC(C)c1cc(C)cc2c(=O)n(C)c(N3CC4CC(C3)C4c3[nH]ncc3F)nc12. The summed E-state index contributed by atoms with van der Waals surface area (Å²) in [5.74, 6) is 0.525. The number of benzene rings is 1. The van der Waals surface area contributed by atoms with Crippen molar-refractivity contribution in [1.29, 1.82) is 0 Å². The van der Waals surface area contributed by atoms with Crippen molar-refractivity contribution < 1.29 is 9.18 Å². The highest BCUT2D eigenvalue weighted by Crippen LogP contribution is 2.52. The van der Waals surface area contributed by atoms with E-state index in [1.165, 1.54) is 18.1 Å². The first-order valence-electron chi connectivity index (χ1n) is 13.4. The Bertz CT molecular complexity index is 1710. The van der Waals surface area contributed by atoms with Crippen LogP contribution in [0.4, 0.5) is 16.0 Å². The first kappa shape index (κ1) is 27.5. The van der Waals surface area contributed by atoms with Gasteiger partial charge in [-0.05, 0) is 55.9 Å². The van der Waals surface area contributed by atoms with E-state index in [1.54, 1.807) is 30.0 Å². The molecular weight excluding hydrogens is 567 g/mol. The third-order valence-corrected chi connectivity index (χ3v) is 8.81. The standard InChI is InChI=1S/C28H30ClFN8O2S/c1-13-7-17(14(2)32-20-5-6-21(29)33-25(20)26(39)36-41-4)23-18(8-13)27(40)37(3)28(34-23)38-11-15-9-16(12-38)22(15)24-19(30)10-31-35-24/h5-8,10,14-16,22,32H,9,11-12H2,1-4H3,(H,31,35)(H,36,39). The van der Waals surface area contributed by atoms with Crippen LogP contribution in [-0.4, -0.2) is 50.0 Å². The van der Waals surface area contributed by atoms with Crippen LogP contribution in [0.25, 0.3) is 10.9 Å². The Hall–Kier alpha value is -3.64. The van der Waals surface area contributed by atoms with Crippen LogP contribution in [0.15, 0.2) is 35.3 Å². The average Bonchev–Trinajstić information content (AvgIpc) is 3.36. The van der Waals surface area contributed by atoms with Crippen LogP contribution in [0.2, 0.25) is 5.15 Å². The number of aromatic amines is 1. The van der Waals surface area contributed by atoms with Gasteiger partial charge in [-0.25, -0.2) is 14.4 Å². The molecule has 7 rings (SSSR count). The van der Waals surface area contributed by atoms with Gasteiger partial charge in [-0.15, -0.1) is 0 Å². The summed E-state index contributed by atoms with van der Waals surface area (Å²) in [5.41, 5.74) is 3.48. The maximum absolute atomic E-state index is 14.3. The fourth-order valence-electron chi connectivity index (χ4n) is 6.37. The third-order valence-electron chi connectivity index (χ3n) is 8.21. The van der Waals surface area contributed by atoms with Crippen molar-refractivity contribution in [3.05, 3.63) is 74.3 Å². The summed E-state index contributed by atoms with van der Waals surface area (Å²) in [6.45, 7) is 5.24. The number of hydrogen-bond acceptors (Lipinski definition) is 8. The molecule has 5 heterocycles. The third kappa shape index (κ3) is 4.82. The van der Waals surface area contributed by atoms with Gasteiger partial charge in [-0.1, -0.05) is 29.6 Å². The van der Waals surface area contributed by atoms with Crippen molar-refractivity contribution in [2.45, 2.75) is 32.2 Å². The van der Waals surface area contributed by atoms with Crippen LogP contribution < -0.4 is 20.5 Å². The van der Waals surface area contributed by atoms with Crippen molar-refractivity contribution >= 4 is 52.0 Å². The average molecular weight is 597 g/mol. The number of nitrogens with one attached hydrogen (secondary N) is 3. The number of carbonyl (C=O) groups is 1. The Kier molecular flexibility index (Phi) is 7.14. The molecule has 2 aliphatic heterocycles. The number of fused-ring (bicyclic) bond motifs is 3. The van der Waals surface area contributed by atoms with Crippen molar-refractivity contribution in [1.82, 2.24) is 29.5 Å². The van der Waals surface area contributed by atoms with E-state index in [2.05, 4.69) is 30.1 Å². The first-order valence-corrected chi connectivity index (χ1v) is 15.0. The van der Waals surface area contributed by atoms with E-state index in [9.17, 15) is 14.0 Å². The lowest BCUT2D eigenvalue weighted by molar-refractivity contribution is 0.0980. The minimum atomic E-state index is -0.366. The van der Waals surface area contributed by atoms with Crippen molar-refractivity contribution in [3.8, 4) is 0 Å². The van der Waals surface area contributed by atoms with Crippen LogP contribution in [0.1, 0.15) is 52.6 Å². The van der Waals surface area contributed by atoms with Crippen LogP contribution >= 0.6 is 23.5 Å². The minimum Gasteiger partial charge on any atom is -0.377 e. The number of aromatic nitrogens is 5. The smallest absolute Gasteiger partial charge is 0.281 e. The van der Waals surface area contributed by atoms with Crippen molar-refractivity contribution in [3.63, 3.8) is 0 Å². The van der Waals surface area contributed by atoms with Crippen molar-refractivity contribution in [2.75, 3.05) is 29.6 Å². The molecule has 1 aromatic carbocycles. The van der Waals surface area contributed by atoms with Crippen LogP contribution in [0, 0.1) is 24.6 Å². The maximum atomic E-state index is 14.3. The molecule has 3 fully saturated rings. The van der Waals surface area contributed by atoms with E-state index in [4.69, 9.17) is 16.6 Å². The summed E-state index contributed by atoms with van der Waals surface area (Å²) in [6, 6.07) is 6.88. The molecule has 3 N–H and O–H groups in total. The molecule has 3 unspecified atom stereocenters. The van der Waals surface area contributed by atoms with E-state index in [0.717, 1.165) is 17.5 Å². The first-order chi connectivity index (χ1) is 19.7. The Balaban J connectivity index is 1.35. The molecule has 10 nitrogen and oxygen atoms in total. The Morgan fingerprint density at radius 1 is 1.24 bits per heavy atom. The lowest BCUT2D eigenvalue weighted by Gasteiger charge is -2.53. The van der Waals surface area contributed by atoms with Gasteiger partial charge in [0.1, 0.15) is 5.15 Å². The summed E-state index contributed by atoms with van der Waals surface area (Å²) in [4.78, 5) is 37.8. The second-order valence-electron chi connectivity index (χ2n) is 10.9. The number of carbonyl (C=O) groups excluding carboxylic acids is 1. The zero-order valence-electron chi connectivity index (χ0n) is 23.0. The van der Waals surface area contributed by atoms with Gasteiger partial charge in [0.15, 0.2) is 11.5 Å². The topological polar surface area (TPSA) is 121 Å². The summed E-state index contributed by atoms with van der Waals surface area (Å²) in [7, 11) is 1.75. The summed E-state index contributed by atoms with van der Waals surface area (Å²) < 4.78 is 18.6. The highest BCUT2D eigenvalue weighted by atomic mass is 35.5. The number of halogens is 2. The van der Waals surface area contributed by atoms with E-state index >= 15 is 0 Å². The summed E-state index contributed by atoms with van der Waals surface area (Å²) >= 11 is 7.27. The molecule has 4 aromatic rings. The largest absolute Gasteiger partial charge is 0.377 e. The second-order valence-corrected chi connectivity index (χ2v) is 11.9. The molecule has 214 valence electrons. The van der Waals surface area contributed by atoms with Crippen molar-refractivity contribution in [2.24, 2.45) is 18.9 Å². The summed E-state index contributed by atoms with van der Waals surface area (Å²) in [6.07, 6.45) is 3.99. The molecule has 1 amide bonds. The quantitative estimate of drug-likeness (QED) is 0.210. The Morgan fingerprint density at radius 3 is 2.68 bits per heavy atom. The summed E-state index contributed by atoms with van der Waals surface area (Å²) in [5, 5.41) is 10.8. The number of aryl methyl sites for hydroxylation is 1. The van der Waals surface area contributed by atoms with Gasteiger partial charge in [-0.3, -0.25) is 24.0 Å². The fourth-order valence-corrected chi connectivity index (χ4v) is 6.80. The minimum absolute atomic E-state index is 0.0964. The number of hydrogen-bond donors (Lipinski definition) is 3. The monoisotopic (exact) mass is 596 g/mol. The molecular formula is C28H30ClFN8O2S. The number of H-pyrrole nitrogens is 1. The molecule has 2 saturated heterocycles. The number of piperidine rings is 2.